The number of hydrogen-bond donors (Lipinski definition) is 2. The van der Waals surface area contributed by atoms with Gasteiger partial charge >= 0.3 is 24.4 Å². The third-order valence-electron chi connectivity index (χ3n) is 6.58. The van der Waals surface area contributed by atoms with Crippen molar-refractivity contribution >= 4 is 34.9 Å². The van der Waals surface area contributed by atoms with Crippen molar-refractivity contribution < 1.29 is 39.9 Å². The average Bonchev–Trinajstić information content (AvgIpc) is 3.19. The smallest absolute Gasteiger partial charge is 0.410 e. The number of carbonyl (C=O) groups excluding carboxylic acids is 1. The first-order valence-corrected chi connectivity index (χ1v) is 13.5. The Morgan fingerprint density at radius 3 is 2.35 bits per heavy atom. The maximum Gasteiger partial charge on any atom is 0.410 e. The molecule has 0 aromatic carbocycles. The highest BCUT2D eigenvalue weighted by molar-refractivity contribution is 7.51. The van der Waals surface area contributed by atoms with Gasteiger partial charge in [0.05, 0.1) is 16.3 Å². The summed E-state index contributed by atoms with van der Waals surface area (Å²) in [6.07, 6.45) is 0.637. The van der Waals surface area contributed by atoms with Crippen LogP contribution < -0.4 is 15.4 Å². The molecule has 0 spiro atoms. The summed E-state index contributed by atoms with van der Waals surface area (Å²) in [6, 6.07) is 0.933. The van der Waals surface area contributed by atoms with E-state index in [2.05, 4.69) is 32.4 Å². The summed E-state index contributed by atoms with van der Waals surface area (Å²) in [5.41, 5.74) is -2.44. The standard InChI is InChI=1S/C24H31ClF5N5O2.O2S/c1-5-35-20(18(25)19(34-35)21(36)32-11-14-8-6-13(2)7-9-14)15-12-31-17(10-16(15)37-22(26)27)33-23(3,4)24(28,29)30;1-3-2/h10,12-14,22H,5-9,11H2,1-4H3,(H,31,33)(H,32,36);. The largest absolute Gasteiger partial charge is 0.434 e. The fraction of sp³-hybridized carbons (Fsp3) is 0.625. The van der Waals surface area contributed by atoms with Crippen LogP contribution in [0.4, 0.5) is 27.8 Å². The number of halogens is 6. The SMILES string of the molecule is CCn1nc(C(=O)NCC2CCC(C)CC2)c(Cl)c1-c1cnc(NC(C)(C)C(F)(F)F)cc1OC(F)F.O=S=O. The van der Waals surface area contributed by atoms with Gasteiger partial charge in [-0.1, -0.05) is 31.4 Å². The minimum absolute atomic E-state index is 0.0460. The van der Waals surface area contributed by atoms with Gasteiger partial charge in [0.15, 0.2) is 5.69 Å². The molecule has 1 aliphatic carbocycles. The molecular formula is C24H31ClF5N5O4S. The molecule has 9 nitrogen and oxygen atoms in total. The Balaban J connectivity index is 0.00000178. The Labute approximate surface area is 236 Å². The third-order valence-corrected chi connectivity index (χ3v) is 6.94. The molecule has 2 N–H and O–H groups in total. The molecule has 2 aromatic heterocycles. The molecule has 16 heteroatoms. The first-order chi connectivity index (χ1) is 18.6. The molecule has 1 fully saturated rings. The molecule has 0 atom stereocenters. The van der Waals surface area contributed by atoms with Crippen molar-refractivity contribution in [3.05, 3.63) is 23.0 Å². The summed E-state index contributed by atoms with van der Waals surface area (Å²) in [7, 11) is 0. The van der Waals surface area contributed by atoms with E-state index in [-0.39, 0.29) is 34.3 Å². The van der Waals surface area contributed by atoms with Crippen LogP contribution in [0.5, 0.6) is 5.75 Å². The second kappa shape index (κ2) is 14.2. The minimum Gasteiger partial charge on any atom is -0.434 e. The van der Waals surface area contributed by atoms with Gasteiger partial charge < -0.3 is 15.4 Å². The summed E-state index contributed by atoms with van der Waals surface area (Å²) in [5, 5.41) is 9.19. The average molecular weight is 616 g/mol. The van der Waals surface area contributed by atoms with Crippen molar-refractivity contribution in [3.8, 4) is 17.0 Å². The van der Waals surface area contributed by atoms with Crippen molar-refractivity contribution in [3.63, 3.8) is 0 Å². The zero-order valence-electron chi connectivity index (χ0n) is 22.3. The molecule has 0 aliphatic heterocycles. The number of anilines is 1. The maximum atomic E-state index is 13.3. The first-order valence-electron chi connectivity index (χ1n) is 12.4. The molecule has 1 amide bonds. The molecule has 0 bridgehead atoms. The Morgan fingerprint density at radius 1 is 1.23 bits per heavy atom. The number of aryl methyl sites for hydroxylation is 1. The number of nitrogens with zero attached hydrogens (tertiary/aromatic N) is 3. The normalized spacial score (nSPS) is 17.6. The van der Waals surface area contributed by atoms with Gasteiger partial charge in [-0.05, 0) is 45.4 Å². The molecule has 2 heterocycles. The van der Waals surface area contributed by atoms with E-state index in [0.29, 0.717) is 18.4 Å². The van der Waals surface area contributed by atoms with Gasteiger partial charge in [-0.15, -0.1) is 0 Å². The van der Waals surface area contributed by atoms with Crippen LogP contribution in [0.25, 0.3) is 11.3 Å². The van der Waals surface area contributed by atoms with Gasteiger partial charge in [0.1, 0.15) is 17.1 Å². The lowest BCUT2D eigenvalue weighted by Crippen LogP contribution is -2.46. The van der Waals surface area contributed by atoms with Crippen LogP contribution >= 0.6 is 11.6 Å². The van der Waals surface area contributed by atoms with Crippen molar-refractivity contribution in [2.45, 2.75) is 78.2 Å². The number of rotatable bonds is 9. The van der Waals surface area contributed by atoms with Crippen LogP contribution in [0.15, 0.2) is 12.3 Å². The highest BCUT2D eigenvalue weighted by atomic mass is 35.5. The van der Waals surface area contributed by atoms with Gasteiger partial charge in [-0.25, -0.2) is 4.98 Å². The Bertz CT molecular complexity index is 1200. The number of ether oxygens (including phenoxy) is 1. The van der Waals surface area contributed by atoms with Gasteiger partial charge in [0.25, 0.3) is 5.91 Å². The number of nitrogens with one attached hydrogen (secondary N) is 2. The molecule has 2 aromatic rings. The van der Waals surface area contributed by atoms with Gasteiger partial charge in [0, 0.05) is 25.4 Å². The van der Waals surface area contributed by atoms with E-state index in [0.717, 1.165) is 51.8 Å². The van der Waals surface area contributed by atoms with Gasteiger partial charge in [0.2, 0.25) is 0 Å². The molecule has 0 radical (unpaired) electrons. The molecule has 224 valence electrons. The Morgan fingerprint density at radius 2 is 1.82 bits per heavy atom. The third kappa shape index (κ3) is 8.59. The zero-order chi connectivity index (χ0) is 30.3. The van der Waals surface area contributed by atoms with E-state index in [1.54, 1.807) is 6.92 Å². The van der Waals surface area contributed by atoms with Gasteiger partial charge in [-0.2, -0.15) is 35.5 Å². The van der Waals surface area contributed by atoms with Crippen molar-refractivity contribution in [1.82, 2.24) is 20.1 Å². The number of alkyl halides is 5. The van der Waals surface area contributed by atoms with Gasteiger partial charge in [-0.3, -0.25) is 9.48 Å². The van der Waals surface area contributed by atoms with Crippen LogP contribution in [0.2, 0.25) is 5.02 Å². The van der Waals surface area contributed by atoms with Crippen LogP contribution in [0, 0.1) is 11.8 Å². The van der Waals surface area contributed by atoms with Crippen molar-refractivity contribution in [2.75, 3.05) is 11.9 Å². The summed E-state index contributed by atoms with van der Waals surface area (Å²) >= 11 is 5.76. The van der Waals surface area contributed by atoms with Crippen LogP contribution in [0.1, 0.15) is 63.9 Å². The van der Waals surface area contributed by atoms with E-state index in [1.807, 2.05) is 0 Å². The Kier molecular flexibility index (Phi) is 11.9. The van der Waals surface area contributed by atoms with E-state index in [9.17, 15) is 26.7 Å². The predicted molar refractivity (Wildman–Crippen MR) is 139 cm³/mol. The molecule has 0 saturated heterocycles. The van der Waals surface area contributed by atoms with Crippen molar-refractivity contribution in [1.29, 1.82) is 0 Å². The van der Waals surface area contributed by atoms with E-state index in [1.165, 1.54) is 4.68 Å². The molecule has 40 heavy (non-hydrogen) atoms. The summed E-state index contributed by atoms with van der Waals surface area (Å²) in [5.74, 6) is -0.288. The quantitative estimate of drug-likeness (QED) is 0.340. The fourth-order valence-electron chi connectivity index (χ4n) is 4.19. The first kappa shape index (κ1) is 33.4. The summed E-state index contributed by atoms with van der Waals surface area (Å²) < 4.78 is 88.9. The number of aromatic nitrogens is 3. The number of carbonyl (C=O) groups is 1. The second-order valence-corrected chi connectivity index (χ2v) is 10.4. The topological polar surface area (TPSA) is 115 Å². The lowest BCUT2D eigenvalue weighted by atomic mass is 9.83. The predicted octanol–water partition coefficient (Wildman–Crippen LogP) is 5.86. The molecule has 0 unspecified atom stereocenters. The van der Waals surface area contributed by atoms with Crippen molar-refractivity contribution in [2.24, 2.45) is 11.8 Å². The highest BCUT2D eigenvalue weighted by Crippen LogP contribution is 2.40. The number of amides is 1. The summed E-state index contributed by atoms with van der Waals surface area (Å²) in [6.45, 7) is 3.10. The molecule has 1 aliphatic rings. The lowest BCUT2D eigenvalue weighted by Gasteiger charge is -2.29. The van der Waals surface area contributed by atoms with E-state index >= 15 is 0 Å². The number of pyridine rings is 1. The van der Waals surface area contributed by atoms with Crippen LogP contribution in [-0.4, -0.2) is 54.0 Å². The monoisotopic (exact) mass is 615 g/mol. The van der Waals surface area contributed by atoms with E-state index < -0.39 is 41.6 Å². The minimum atomic E-state index is -4.64. The Hall–Kier alpha value is -2.81. The van der Waals surface area contributed by atoms with Crippen LogP contribution in [-0.2, 0) is 18.1 Å². The second-order valence-electron chi connectivity index (χ2n) is 9.92. The zero-order valence-corrected chi connectivity index (χ0v) is 23.9. The fourth-order valence-corrected chi connectivity index (χ4v) is 4.52. The molecule has 1 saturated carbocycles. The van der Waals surface area contributed by atoms with E-state index in [4.69, 9.17) is 20.0 Å². The molecular weight excluding hydrogens is 585 g/mol. The molecule has 3 rings (SSSR count). The van der Waals surface area contributed by atoms with Crippen LogP contribution in [0.3, 0.4) is 0 Å². The maximum absolute atomic E-state index is 13.3. The highest BCUT2D eigenvalue weighted by Gasteiger charge is 2.47. The summed E-state index contributed by atoms with van der Waals surface area (Å²) in [4.78, 5) is 16.9. The number of hydrogen-bond acceptors (Lipinski definition) is 7. The lowest BCUT2D eigenvalue weighted by molar-refractivity contribution is -0.168.